The quantitative estimate of drug-likeness (QED) is 0.762. The lowest BCUT2D eigenvalue weighted by Gasteiger charge is -2.10. The van der Waals surface area contributed by atoms with E-state index in [1.165, 1.54) is 0 Å². The Labute approximate surface area is 114 Å². The SMILES string of the molecule is CCOc1cccc(-c2cc(C(C)=O)ccc2C)c1. The maximum absolute atomic E-state index is 11.5. The number of carbonyl (C=O) groups is 1. The van der Waals surface area contributed by atoms with Crippen molar-refractivity contribution >= 4 is 5.78 Å². The van der Waals surface area contributed by atoms with E-state index in [0.717, 1.165) is 28.0 Å². The zero-order chi connectivity index (χ0) is 13.8. The molecule has 0 atom stereocenters. The molecule has 2 nitrogen and oxygen atoms in total. The first kappa shape index (κ1) is 13.3. The van der Waals surface area contributed by atoms with Crippen LogP contribution in [-0.4, -0.2) is 12.4 Å². The van der Waals surface area contributed by atoms with Gasteiger partial charge in [-0.2, -0.15) is 0 Å². The molecule has 0 saturated heterocycles. The fraction of sp³-hybridized carbons (Fsp3) is 0.235. The number of hydrogen-bond donors (Lipinski definition) is 0. The molecule has 2 heteroatoms. The molecule has 0 saturated carbocycles. The minimum absolute atomic E-state index is 0.0854. The number of ketones is 1. The maximum Gasteiger partial charge on any atom is 0.159 e. The number of benzene rings is 2. The van der Waals surface area contributed by atoms with Gasteiger partial charge in [0.2, 0.25) is 0 Å². The summed E-state index contributed by atoms with van der Waals surface area (Å²) in [7, 11) is 0. The van der Waals surface area contributed by atoms with Crippen LogP contribution in [0.2, 0.25) is 0 Å². The first-order valence-corrected chi connectivity index (χ1v) is 6.46. The molecule has 0 bridgehead atoms. The van der Waals surface area contributed by atoms with Crippen molar-refractivity contribution < 1.29 is 9.53 Å². The first-order valence-electron chi connectivity index (χ1n) is 6.46. The normalized spacial score (nSPS) is 10.3. The number of aryl methyl sites for hydroxylation is 1. The number of ether oxygens (including phenoxy) is 1. The van der Waals surface area contributed by atoms with Gasteiger partial charge in [-0.15, -0.1) is 0 Å². The Morgan fingerprint density at radius 2 is 1.95 bits per heavy atom. The molecule has 0 aliphatic heterocycles. The predicted octanol–water partition coefficient (Wildman–Crippen LogP) is 4.26. The van der Waals surface area contributed by atoms with E-state index in [1.54, 1.807) is 6.92 Å². The van der Waals surface area contributed by atoms with E-state index in [0.29, 0.717) is 6.61 Å². The number of rotatable bonds is 4. The molecule has 0 amide bonds. The molecule has 2 aromatic rings. The zero-order valence-electron chi connectivity index (χ0n) is 11.6. The van der Waals surface area contributed by atoms with Gasteiger partial charge in [0.25, 0.3) is 0 Å². The topological polar surface area (TPSA) is 26.3 Å². The summed E-state index contributed by atoms with van der Waals surface area (Å²) >= 11 is 0. The molecule has 0 heterocycles. The van der Waals surface area contributed by atoms with Crippen molar-refractivity contribution in [2.45, 2.75) is 20.8 Å². The maximum atomic E-state index is 11.5. The van der Waals surface area contributed by atoms with Crippen molar-refractivity contribution in [1.82, 2.24) is 0 Å². The van der Waals surface area contributed by atoms with Gasteiger partial charge in [-0.05, 0) is 55.7 Å². The summed E-state index contributed by atoms with van der Waals surface area (Å²) in [6.45, 7) is 6.25. The van der Waals surface area contributed by atoms with E-state index in [2.05, 4.69) is 0 Å². The zero-order valence-corrected chi connectivity index (χ0v) is 11.6. The lowest BCUT2D eigenvalue weighted by Crippen LogP contribution is -1.95. The Morgan fingerprint density at radius 1 is 1.16 bits per heavy atom. The van der Waals surface area contributed by atoms with Crippen LogP contribution in [0.25, 0.3) is 11.1 Å². The summed E-state index contributed by atoms with van der Waals surface area (Å²) in [5, 5.41) is 0. The molecule has 0 fully saturated rings. The molecule has 0 spiro atoms. The van der Waals surface area contributed by atoms with Crippen LogP contribution in [0.4, 0.5) is 0 Å². The van der Waals surface area contributed by atoms with Crippen LogP contribution in [0.5, 0.6) is 5.75 Å². The number of Topliss-reactive ketones (excluding diaryl/α,β-unsaturated/α-hetero) is 1. The molecule has 0 unspecified atom stereocenters. The van der Waals surface area contributed by atoms with E-state index in [4.69, 9.17) is 4.74 Å². The summed E-state index contributed by atoms with van der Waals surface area (Å²) in [6, 6.07) is 13.8. The highest BCUT2D eigenvalue weighted by Crippen LogP contribution is 2.27. The van der Waals surface area contributed by atoms with Crippen LogP contribution in [0, 0.1) is 6.92 Å². The minimum atomic E-state index is 0.0854. The van der Waals surface area contributed by atoms with Crippen molar-refractivity contribution in [2.75, 3.05) is 6.61 Å². The second-order valence-corrected chi connectivity index (χ2v) is 4.55. The Kier molecular flexibility index (Phi) is 4.00. The van der Waals surface area contributed by atoms with Crippen LogP contribution in [0.15, 0.2) is 42.5 Å². The second kappa shape index (κ2) is 5.70. The second-order valence-electron chi connectivity index (χ2n) is 4.55. The standard InChI is InChI=1S/C17H18O2/c1-4-19-16-7-5-6-15(10-16)17-11-14(13(3)18)9-8-12(17)2/h5-11H,4H2,1-3H3. The van der Waals surface area contributed by atoms with E-state index in [9.17, 15) is 4.79 Å². The Hall–Kier alpha value is -2.09. The largest absolute Gasteiger partial charge is 0.494 e. The molecule has 0 aliphatic carbocycles. The molecule has 0 N–H and O–H groups in total. The molecule has 0 aromatic heterocycles. The lowest BCUT2D eigenvalue weighted by atomic mass is 9.97. The fourth-order valence-electron chi connectivity index (χ4n) is 2.07. The third-order valence-electron chi connectivity index (χ3n) is 3.10. The third-order valence-corrected chi connectivity index (χ3v) is 3.10. The smallest absolute Gasteiger partial charge is 0.159 e. The van der Waals surface area contributed by atoms with Crippen LogP contribution < -0.4 is 4.74 Å². The molecule has 0 aliphatic rings. The van der Waals surface area contributed by atoms with Crippen molar-refractivity contribution in [3.05, 3.63) is 53.6 Å². The lowest BCUT2D eigenvalue weighted by molar-refractivity contribution is 0.101. The molecule has 19 heavy (non-hydrogen) atoms. The highest BCUT2D eigenvalue weighted by Gasteiger charge is 2.07. The van der Waals surface area contributed by atoms with E-state index >= 15 is 0 Å². The molecule has 2 aromatic carbocycles. The average Bonchev–Trinajstić information content (AvgIpc) is 2.39. The monoisotopic (exact) mass is 254 g/mol. The molecule has 2 rings (SSSR count). The van der Waals surface area contributed by atoms with Crippen molar-refractivity contribution in [1.29, 1.82) is 0 Å². The molecule has 98 valence electrons. The van der Waals surface area contributed by atoms with Gasteiger partial charge in [-0.25, -0.2) is 0 Å². The van der Waals surface area contributed by atoms with Gasteiger partial charge >= 0.3 is 0 Å². The third kappa shape index (κ3) is 3.02. The van der Waals surface area contributed by atoms with Crippen LogP contribution >= 0.6 is 0 Å². The highest BCUT2D eigenvalue weighted by molar-refractivity contribution is 5.95. The average molecular weight is 254 g/mol. The van der Waals surface area contributed by atoms with Gasteiger partial charge in [0.15, 0.2) is 5.78 Å². The van der Waals surface area contributed by atoms with Crippen LogP contribution in [0.3, 0.4) is 0 Å². The van der Waals surface area contributed by atoms with E-state index in [1.807, 2.05) is 56.3 Å². The first-order chi connectivity index (χ1) is 9.11. The summed E-state index contributed by atoms with van der Waals surface area (Å²) in [5.41, 5.74) is 4.04. The van der Waals surface area contributed by atoms with Gasteiger partial charge in [-0.1, -0.05) is 24.3 Å². The molecular formula is C17H18O2. The van der Waals surface area contributed by atoms with Crippen molar-refractivity contribution in [2.24, 2.45) is 0 Å². The summed E-state index contributed by atoms with van der Waals surface area (Å²) in [6.07, 6.45) is 0. The van der Waals surface area contributed by atoms with Gasteiger partial charge in [0.1, 0.15) is 5.75 Å². The van der Waals surface area contributed by atoms with Crippen LogP contribution in [0.1, 0.15) is 29.8 Å². The van der Waals surface area contributed by atoms with Crippen LogP contribution in [-0.2, 0) is 0 Å². The Bertz CT molecular complexity index is 600. The summed E-state index contributed by atoms with van der Waals surface area (Å²) in [4.78, 5) is 11.5. The molecule has 0 radical (unpaired) electrons. The Balaban J connectivity index is 2.48. The van der Waals surface area contributed by atoms with Gasteiger partial charge in [-0.3, -0.25) is 4.79 Å². The molecular weight excluding hydrogens is 236 g/mol. The van der Waals surface area contributed by atoms with Crippen molar-refractivity contribution in [3.8, 4) is 16.9 Å². The summed E-state index contributed by atoms with van der Waals surface area (Å²) < 4.78 is 5.52. The fourth-order valence-corrected chi connectivity index (χ4v) is 2.07. The minimum Gasteiger partial charge on any atom is -0.494 e. The van der Waals surface area contributed by atoms with E-state index in [-0.39, 0.29) is 5.78 Å². The highest BCUT2D eigenvalue weighted by atomic mass is 16.5. The number of carbonyl (C=O) groups excluding carboxylic acids is 1. The Morgan fingerprint density at radius 3 is 2.63 bits per heavy atom. The predicted molar refractivity (Wildman–Crippen MR) is 77.8 cm³/mol. The van der Waals surface area contributed by atoms with Crippen molar-refractivity contribution in [3.63, 3.8) is 0 Å². The van der Waals surface area contributed by atoms with Gasteiger partial charge in [0.05, 0.1) is 6.61 Å². The van der Waals surface area contributed by atoms with Gasteiger partial charge < -0.3 is 4.74 Å². The van der Waals surface area contributed by atoms with Gasteiger partial charge in [0, 0.05) is 5.56 Å². The summed E-state index contributed by atoms with van der Waals surface area (Å²) in [5.74, 6) is 0.940. The number of hydrogen-bond acceptors (Lipinski definition) is 2. The van der Waals surface area contributed by atoms with E-state index < -0.39 is 0 Å².